The van der Waals surface area contributed by atoms with E-state index in [4.69, 9.17) is 21.1 Å². The second kappa shape index (κ2) is 7.88. The fraction of sp³-hybridized carbons (Fsp3) is 0.467. The second-order valence-corrected chi connectivity index (χ2v) is 5.26. The Hall–Kier alpha value is -1.75. The number of hydrogen-bond acceptors (Lipinski definition) is 4. The van der Waals surface area contributed by atoms with E-state index >= 15 is 0 Å². The van der Waals surface area contributed by atoms with E-state index in [2.05, 4.69) is 0 Å². The summed E-state index contributed by atoms with van der Waals surface area (Å²) in [4.78, 5) is 24.3. The highest BCUT2D eigenvalue weighted by molar-refractivity contribution is 6.38. The average Bonchev–Trinajstić information content (AvgIpc) is 2.50. The zero-order chi connectivity index (χ0) is 16.0. The van der Waals surface area contributed by atoms with E-state index in [-0.39, 0.29) is 6.04 Å². The van der Waals surface area contributed by atoms with Crippen LogP contribution in [0.25, 0.3) is 0 Å². The molecule has 0 N–H and O–H groups in total. The molecule has 0 heterocycles. The number of hydrogen-bond donors (Lipinski definition) is 0. The summed E-state index contributed by atoms with van der Waals surface area (Å²) >= 11 is 5.72. The highest BCUT2D eigenvalue weighted by Crippen LogP contribution is 2.28. The van der Waals surface area contributed by atoms with Gasteiger partial charge in [-0.05, 0) is 31.5 Å². The van der Waals surface area contributed by atoms with Crippen molar-refractivity contribution in [2.75, 3.05) is 14.2 Å². The third kappa shape index (κ3) is 4.36. The van der Waals surface area contributed by atoms with E-state index in [0.717, 1.165) is 5.56 Å². The lowest BCUT2D eigenvalue weighted by Gasteiger charge is -2.27. The van der Waals surface area contributed by atoms with Crippen LogP contribution in [0.15, 0.2) is 18.2 Å². The van der Waals surface area contributed by atoms with Gasteiger partial charge in [0.2, 0.25) is 5.91 Å². The van der Waals surface area contributed by atoms with Gasteiger partial charge in [0, 0.05) is 12.6 Å². The van der Waals surface area contributed by atoms with E-state index in [1.165, 1.54) is 0 Å². The van der Waals surface area contributed by atoms with Crippen LogP contribution >= 0.6 is 11.6 Å². The SMILES string of the molecule is COc1ccc(CN(C(=O)C(Cl)C=O)C(C)C)cc1OC. The molecule has 0 aliphatic carbocycles. The Morgan fingerprint density at radius 3 is 2.38 bits per heavy atom. The summed E-state index contributed by atoms with van der Waals surface area (Å²) < 4.78 is 10.4. The van der Waals surface area contributed by atoms with Crippen molar-refractivity contribution in [3.05, 3.63) is 23.8 Å². The molecule has 1 rings (SSSR count). The zero-order valence-corrected chi connectivity index (χ0v) is 13.4. The number of rotatable bonds is 7. The van der Waals surface area contributed by atoms with Crippen LogP contribution in [0, 0.1) is 0 Å². The number of alkyl halides is 1. The Morgan fingerprint density at radius 1 is 1.29 bits per heavy atom. The Balaban J connectivity index is 2.99. The first kappa shape index (κ1) is 17.3. The summed E-state index contributed by atoms with van der Waals surface area (Å²) in [5.74, 6) is 0.798. The van der Waals surface area contributed by atoms with Gasteiger partial charge in [-0.15, -0.1) is 11.6 Å². The van der Waals surface area contributed by atoms with Crippen molar-refractivity contribution in [2.45, 2.75) is 31.8 Å². The number of carbonyl (C=O) groups is 2. The van der Waals surface area contributed by atoms with Gasteiger partial charge in [-0.1, -0.05) is 6.07 Å². The lowest BCUT2D eigenvalue weighted by atomic mass is 10.1. The molecule has 0 aromatic heterocycles. The standard InChI is InChI=1S/C15H20ClNO4/c1-10(2)17(15(19)12(16)9-18)8-11-5-6-13(20-3)14(7-11)21-4/h5-7,9-10,12H,8H2,1-4H3. The number of halogens is 1. The lowest BCUT2D eigenvalue weighted by Crippen LogP contribution is -2.41. The summed E-state index contributed by atoms with van der Waals surface area (Å²) in [7, 11) is 3.11. The molecule has 1 unspecified atom stereocenters. The van der Waals surface area contributed by atoms with E-state index in [9.17, 15) is 9.59 Å². The molecule has 1 atom stereocenters. The molecule has 116 valence electrons. The topological polar surface area (TPSA) is 55.8 Å². The molecule has 0 fully saturated rings. The van der Waals surface area contributed by atoms with Crippen molar-refractivity contribution in [1.82, 2.24) is 4.90 Å². The van der Waals surface area contributed by atoms with Crippen LogP contribution in [0.1, 0.15) is 19.4 Å². The monoisotopic (exact) mass is 313 g/mol. The first-order valence-corrected chi connectivity index (χ1v) is 6.99. The molecular formula is C15H20ClNO4. The number of nitrogens with zero attached hydrogens (tertiary/aromatic N) is 1. The van der Waals surface area contributed by atoms with Crippen molar-refractivity contribution < 1.29 is 19.1 Å². The van der Waals surface area contributed by atoms with Gasteiger partial charge in [0.05, 0.1) is 14.2 Å². The molecule has 0 spiro atoms. The fourth-order valence-corrected chi connectivity index (χ4v) is 2.03. The predicted molar refractivity (Wildman–Crippen MR) is 80.9 cm³/mol. The van der Waals surface area contributed by atoms with Crippen LogP contribution in [-0.4, -0.2) is 42.7 Å². The maximum absolute atomic E-state index is 12.1. The number of ether oxygens (including phenoxy) is 2. The van der Waals surface area contributed by atoms with Crippen molar-refractivity contribution >= 4 is 23.8 Å². The normalized spacial score (nSPS) is 11.9. The van der Waals surface area contributed by atoms with E-state index in [1.807, 2.05) is 19.9 Å². The molecule has 0 aliphatic rings. The van der Waals surface area contributed by atoms with Crippen LogP contribution in [0.5, 0.6) is 11.5 Å². The minimum absolute atomic E-state index is 0.0770. The average molecular weight is 314 g/mol. The van der Waals surface area contributed by atoms with E-state index < -0.39 is 11.3 Å². The Bertz CT molecular complexity index is 504. The minimum Gasteiger partial charge on any atom is -0.493 e. The van der Waals surface area contributed by atoms with Crippen molar-refractivity contribution in [1.29, 1.82) is 0 Å². The molecule has 0 saturated carbocycles. The maximum Gasteiger partial charge on any atom is 0.248 e. The largest absolute Gasteiger partial charge is 0.493 e. The number of methoxy groups -OCH3 is 2. The number of benzene rings is 1. The quantitative estimate of drug-likeness (QED) is 0.440. The molecule has 0 aliphatic heterocycles. The van der Waals surface area contributed by atoms with Gasteiger partial charge < -0.3 is 19.2 Å². The molecule has 5 nitrogen and oxygen atoms in total. The third-order valence-corrected chi connectivity index (χ3v) is 3.35. The Morgan fingerprint density at radius 2 is 1.90 bits per heavy atom. The van der Waals surface area contributed by atoms with Crippen molar-refractivity contribution in [3.63, 3.8) is 0 Å². The highest BCUT2D eigenvalue weighted by atomic mass is 35.5. The summed E-state index contributed by atoms with van der Waals surface area (Å²) in [6.45, 7) is 4.08. The molecule has 0 saturated heterocycles. The zero-order valence-electron chi connectivity index (χ0n) is 12.6. The third-order valence-electron chi connectivity index (χ3n) is 3.06. The van der Waals surface area contributed by atoms with Crippen LogP contribution in [0.3, 0.4) is 0 Å². The van der Waals surface area contributed by atoms with Crippen LogP contribution in [0.4, 0.5) is 0 Å². The molecule has 21 heavy (non-hydrogen) atoms. The Labute approximate surface area is 129 Å². The van der Waals surface area contributed by atoms with Gasteiger partial charge in [-0.3, -0.25) is 4.79 Å². The van der Waals surface area contributed by atoms with Crippen LogP contribution < -0.4 is 9.47 Å². The van der Waals surface area contributed by atoms with Gasteiger partial charge in [-0.2, -0.15) is 0 Å². The predicted octanol–water partition coefficient (Wildman–Crippen LogP) is 2.25. The van der Waals surface area contributed by atoms with Gasteiger partial charge in [0.1, 0.15) is 6.29 Å². The number of carbonyl (C=O) groups excluding carboxylic acids is 2. The van der Waals surface area contributed by atoms with Gasteiger partial charge in [0.15, 0.2) is 16.9 Å². The number of aldehydes is 1. The summed E-state index contributed by atoms with van der Waals surface area (Å²) in [5.41, 5.74) is 0.865. The van der Waals surface area contributed by atoms with Crippen molar-refractivity contribution in [2.24, 2.45) is 0 Å². The van der Waals surface area contributed by atoms with Crippen molar-refractivity contribution in [3.8, 4) is 11.5 Å². The molecule has 0 bridgehead atoms. The highest BCUT2D eigenvalue weighted by Gasteiger charge is 2.24. The van der Waals surface area contributed by atoms with Crippen LogP contribution in [0.2, 0.25) is 0 Å². The number of amides is 1. The molecule has 0 radical (unpaired) electrons. The van der Waals surface area contributed by atoms with Crippen LogP contribution in [-0.2, 0) is 16.1 Å². The van der Waals surface area contributed by atoms with Gasteiger partial charge >= 0.3 is 0 Å². The smallest absolute Gasteiger partial charge is 0.248 e. The Kier molecular flexibility index (Phi) is 6.49. The molecule has 1 amide bonds. The fourth-order valence-electron chi connectivity index (χ4n) is 1.91. The van der Waals surface area contributed by atoms with Gasteiger partial charge in [-0.25, -0.2) is 0 Å². The molecular weight excluding hydrogens is 294 g/mol. The molecule has 1 aromatic carbocycles. The first-order valence-electron chi connectivity index (χ1n) is 6.55. The lowest BCUT2D eigenvalue weighted by molar-refractivity contribution is -0.134. The first-order chi connectivity index (χ1) is 9.94. The van der Waals surface area contributed by atoms with E-state index in [1.54, 1.807) is 31.3 Å². The summed E-state index contributed by atoms with van der Waals surface area (Å²) in [6.07, 6.45) is 0.438. The molecule has 6 heteroatoms. The molecule has 1 aromatic rings. The summed E-state index contributed by atoms with van der Waals surface area (Å²) in [6, 6.07) is 5.33. The minimum atomic E-state index is -1.16. The second-order valence-electron chi connectivity index (χ2n) is 4.79. The van der Waals surface area contributed by atoms with Gasteiger partial charge in [0.25, 0.3) is 0 Å². The van der Waals surface area contributed by atoms with E-state index in [0.29, 0.717) is 24.3 Å². The summed E-state index contributed by atoms with van der Waals surface area (Å²) in [5, 5.41) is -1.16. The maximum atomic E-state index is 12.1.